The number of carbonyl (C=O) groups is 3. The lowest BCUT2D eigenvalue weighted by molar-refractivity contribution is -0.145. The summed E-state index contributed by atoms with van der Waals surface area (Å²) >= 11 is 0. The summed E-state index contributed by atoms with van der Waals surface area (Å²) in [5.41, 5.74) is 6.69. The van der Waals surface area contributed by atoms with Crippen molar-refractivity contribution in [1.29, 1.82) is 5.26 Å². The number of aromatic nitrogens is 1. The number of benzene rings is 1. The average Bonchev–Trinajstić information content (AvgIpc) is 3.08. The van der Waals surface area contributed by atoms with Gasteiger partial charge in [-0.1, -0.05) is 12.1 Å². The summed E-state index contributed by atoms with van der Waals surface area (Å²) in [5, 5.41) is 11.8. The molecule has 2 rings (SSSR count). The van der Waals surface area contributed by atoms with Crippen LogP contribution in [-0.2, 0) is 25.4 Å². The number of rotatable bonds is 7. The van der Waals surface area contributed by atoms with Crippen LogP contribution in [0.3, 0.4) is 0 Å². The van der Waals surface area contributed by atoms with Crippen molar-refractivity contribution in [3.63, 3.8) is 0 Å². The molecule has 176 valence electrons. The molecule has 0 bridgehead atoms. The standard InChI is InChI=1S/C23H28N4O6/c1-6-32-20(28)17(26-22(30)33-23(2,3)4)11-14-7-9-16(10-8-14)27-13-15(12-24)18(25)19(27)21(29)31-5/h7-10,13,17H,6,11,25H2,1-5H3,(H,26,30). The van der Waals surface area contributed by atoms with Gasteiger partial charge in [0, 0.05) is 18.3 Å². The van der Waals surface area contributed by atoms with Crippen LogP contribution in [0, 0.1) is 11.3 Å². The van der Waals surface area contributed by atoms with Crippen molar-refractivity contribution in [3.05, 3.63) is 47.3 Å². The molecule has 1 heterocycles. The summed E-state index contributed by atoms with van der Waals surface area (Å²) in [6.45, 7) is 7.00. The van der Waals surface area contributed by atoms with Gasteiger partial charge in [-0.25, -0.2) is 14.4 Å². The summed E-state index contributed by atoms with van der Waals surface area (Å²) in [6.07, 6.45) is 0.869. The lowest BCUT2D eigenvalue weighted by Gasteiger charge is -2.23. The Labute approximate surface area is 192 Å². The van der Waals surface area contributed by atoms with E-state index in [-0.39, 0.29) is 30.0 Å². The van der Waals surface area contributed by atoms with E-state index in [2.05, 4.69) is 5.32 Å². The molecule has 1 unspecified atom stereocenters. The molecule has 1 aromatic carbocycles. The SMILES string of the molecule is CCOC(=O)C(Cc1ccc(-n2cc(C#N)c(N)c2C(=O)OC)cc1)NC(=O)OC(C)(C)C. The maximum absolute atomic E-state index is 12.4. The molecule has 10 heteroatoms. The van der Waals surface area contributed by atoms with Crippen molar-refractivity contribution < 1.29 is 28.6 Å². The van der Waals surface area contributed by atoms with E-state index in [1.807, 2.05) is 6.07 Å². The molecule has 10 nitrogen and oxygen atoms in total. The number of nitrogen functional groups attached to an aromatic ring is 1. The molecule has 33 heavy (non-hydrogen) atoms. The van der Waals surface area contributed by atoms with Crippen molar-refractivity contribution in [2.24, 2.45) is 0 Å². The molecule has 3 N–H and O–H groups in total. The fraction of sp³-hybridized carbons (Fsp3) is 0.391. The minimum Gasteiger partial charge on any atom is -0.464 e. The molecule has 1 aromatic heterocycles. The van der Waals surface area contributed by atoms with Gasteiger partial charge in [0.1, 0.15) is 17.7 Å². The Balaban J connectivity index is 2.29. The number of nitrogens with one attached hydrogen (secondary N) is 1. The first-order chi connectivity index (χ1) is 15.5. The summed E-state index contributed by atoms with van der Waals surface area (Å²) in [7, 11) is 1.22. The zero-order valence-corrected chi connectivity index (χ0v) is 19.3. The Kier molecular flexibility index (Phi) is 8.07. The van der Waals surface area contributed by atoms with Crippen LogP contribution in [0.1, 0.15) is 49.3 Å². The van der Waals surface area contributed by atoms with Crippen LogP contribution in [0.5, 0.6) is 0 Å². The highest BCUT2D eigenvalue weighted by molar-refractivity contribution is 5.96. The van der Waals surface area contributed by atoms with Gasteiger partial charge in [0.05, 0.1) is 25.0 Å². The third-order valence-electron chi connectivity index (χ3n) is 4.46. The number of amides is 1. The first kappa shape index (κ1) is 25.3. The van der Waals surface area contributed by atoms with E-state index in [4.69, 9.17) is 19.9 Å². The van der Waals surface area contributed by atoms with Crippen molar-refractivity contribution in [2.45, 2.75) is 45.8 Å². The van der Waals surface area contributed by atoms with Crippen molar-refractivity contribution in [1.82, 2.24) is 9.88 Å². The Morgan fingerprint density at radius 2 is 1.85 bits per heavy atom. The lowest BCUT2D eigenvalue weighted by atomic mass is 10.1. The van der Waals surface area contributed by atoms with E-state index in [0.29, 0.717) is 11.3 Å². The second-order valence-corrected chi connectivity index (χ2v) is 8.10. The highest BCUT2D eigenvalue weighted by Crippen LogP contribution is 2.25. The summed E-state index contributed by atoms with van der Waals surface area (Å²) in [5.74, 6) is -1.26. The number of ether oxygens (including phenoxy) is 3. The van der Waals surface area contributed by atoms with Gasteiger partial charge in [-0.2, -0.15) is 5.26 Å². The molecule has 1 amide bonds. The second kappa shape index (κ2) is 10.5. The normalized spacial score (nSPS) is 11.8. The Hall–Kier alpha value is -4.00. The average molecular weight is 456 g/mol. The molecular weight excluding hydrogens is 428 g/mol. The number of nitrogens with zero attached hydrogens (tertiary/aromatic N) is 2. The second-order valence-electron chi connectivity index (χ2n) is 8.10. The van der Waals surface area contributed by atoms with Crippen LogP contribution in [0.2, 0.25) is 0 Å². The topological polar surface area (TPSA) is 146 Å². The number of nitrogens with two attached hydrogens (primary N) is 1. The molecule has 0 fully saturated rings. The molecule has 0 spiro atoms. The fourth-order valence-electron chi connectivity index (χ4n) is 3.03. The van der Waals surface area contributed by atoms with E-state index in [1.165, 1.54) is 17.9 Å². The predicted octanol–water partition coefficient (Wildman–Crippen LogP) is 2.72. The van der Waals surface area contributed by atoms with E-state index >= 15 is 0 Å². The van der Waals surface area contributed by atoms with Crippen LogP contribution < -0.4 is 11.1 Å². The van der Waals surface area contributed by atoms with Crippen LogP contribution >= 0.6 is 0 Å². The molecule has 1 atom stereocenters. The number of nitriles is 1. The van der Waals surface area contributed by atoms with E-state index in [9.17, 15) is 19.6 Å². The summed E-state index contributed by atoms with van der Waals surface area (Å²) < 4.78 is 16.6. The number of anilines is 1. The van der Waals surface area contributed by atoms with Crippen molar-refractivity contribution >= 4 is 23.7 Å². The van der Waals surface area contributed by atoms with Gasteiger partial charge < -0.3 is 29.8 Å². The lowest BCUT2D eigenvalue weighted by Crippen LogP contribution is -2.45. The first-order valence-electron chi connectivity index (χ1n) is 10.2. The van der Waals surface area contributed by atoms with Gasteiger partial charge in [0.2, 0.25) is 0 Å². The third-order valence-corrected chi connectivity index (χ3v) is 4.46. The minimum absolute atomic E-state index is 0.0253. The predicted molar refractivity (Wildman–Crippen MR) is 120 cm³/mol. The molecule has 0 saturated heterocycles. The van der Waals surface area contributed by atoms with Crippen molar-refractivity contribution in [3.8, 4) is 11.8 Å². The van der Waals surface area contributed by atoms with E-state index in [1.54, 1.807) is 52.0 Å². The van der Waals surface area contributed by atoms with Gasteiger partial charge in [-0.15, -0.1) is 0 Å². The van der Waals surface area contributed by atoms with Gasteiger partial charge in [0.25, 0.3) is 0 Å². The Morgan fingerprint density at radius 3 is 2.36 bits per heavy atom. The Morgan fingerprint density at radius 1 is 1.21 bits per heavy atom. The quantitative estimate of drug-likeness (QED) is 0.478. The van der Waals surface area contributed by atoms with Gasteiger partial charge >= 0.3 is 18.0 Å². The molecule has 2 aromatic rings. The summed E-state index contributed by atoms with van der Waals surface area (Å²) in [4.78, 5) is 36.7. The van der Waals surface area contributed by atoms with Gasteiger partial charge in [-0.3, -0.25) is 0 Å². The number of methoxy groups -OCH3 is 1. The number of esters is 2. The molecular formula is C23H28N4O6. The zero-order chi connectivity index (χ0) is 24.8. The van der Waals surface area contributed by atoms with Gasteiger partial charge in [0.15, 0.2) is 5.69 Å². The van der Waals surface area contributed by atoms with E-state index < -0.39 is 29.7 Å². The monoisotopic (exact) mass is 456 g/mol. The highest BCUT2D eigenvalue weighted by Gasteiger charge is 2.26. The molecule has 0 aliphatic heterocycles. The van der Waals surface area contributed by atoms with Crippen LogP contribution in [-0.4, -0.2) is 48.0 Å². The molecule has 0 saturated carbocycles. The molecule has 0 aliphatic rings. The fourth-order valence-corrected chi connectivity index (χ4v) is 3.03. The maximum Gasteiger partial charge on any atom is 0.408 e. The Bertz CT molecular complexity index is 1060. The number of alkyl carbamates (subject to hydrolysis) is 1. The highest BCUT2D eigenvalue weighted by atomic mass is 16.6. The van der Waals surface area contributed by atoms with Crippen LogP contribution in [0.4, 0.5) is 10.5 Å². The zero-order valence-electron chi connectivity index (χ0n) is 19.3. The van der Waals surface area contributed by atoms with E-state index in [0.717, 1.165) is 0 Å². The summed E-state index contributed by atoms with van der Waals surface area (Å²) in [6, 6.07) is 7.82. The third kappa shape index (κ3) is 6.49. The largest absolute Gasteiger partial charge is 0.464 e. The smallest absolute Gasteiger partial charge is 0.408 e. The maximum atomic E-state index is 12.4. The minimum atomic E-state index is -0.955. The first-order valence-corrected chi connectivity index (χ1v) is 10.2. The number of carbonyl (C=O) groups excluding carboxylic acids is 3. The number of hydrogen-bond acceptors (Lipinski definition) is 8. The van der Waals surface area contributed by atoms with Crippen LogP contribution in [0.25, 0.3) is 5.69 Å². The van der Waals surface area contributed by atoms with Crippen LogP contribution in [0.15, 0.2) is 30.5 Å². The molecule has 0 aliphatic carbocycles. The number of hydrogen-bond donors (Lipinski definition) is 2. The van der Waals surface area contributed by atoms with Gasteiger partial charge in [-0.05, 0) is 45.4 Å². The molecule has 0 radical (unpaired) electrons. The van der Waals surface area contributed by atoms with Crippen molar-refractivity contribution in [2.75, 3.05) is 19.5 Å².